The van der Waals surface area contributed by atoms with Crippen molar-refractivity contribution in [2.24, 2.45) is 32.7 Å². The quantitative estimate of drug-likeness (QED) is 0.0481. The first-order valence-electron chi connectivity index (χ1n) is 31.3. The molecule has 0 amide bonds. The number of aryl methyl sites for hydroxylation is 1. The average Bonchev–Trinajstić information content (AvgIpc) is 1.52. The Labute approximate surface area is 537 Å². The maximum absolute atomic E-state index is 10.2. The van der Waals surface area contributed by atoms with Gasteiger partial charge in [-0.2, -0.15) is 5.10 Å². The summed E-state index contributed by atoms with van der Waals surface area (Å²) < 4.78 is 2.87. The summed E-state index contributed by atoms with van der Waals surface area (Å²) in [5, 5.41) is 17.8. The number of nitrogens with zero attached hydrogens (tertiary/aromatic N) is 9. The molecule has 474 valence electrons. The maximum Gasteiger partial charge on any atom is 0.201 e. The van der Waals surface area contributed by atoms with E-state index >= 15 is 0 Å². The summed E-state index contributed by atoms with van der Waals surface area (Å²) in [5.74, 6) is 5.49. The van der Waals surface area contributed by atoms with Crippen LogP contribution in [0.3, 0.4) is 0 Å². The maximum atomic E-state index is 10.2. The number of halogens is 1. The molecule has 4 aromatic heterocycles. The first-order chi connectivity index (χ1) is 41.8. The number of nitrogens with one attached hydrogen (secondary N) is 2. The lowest BCUT2D eigenvalue weighted by Gasteiger charge is -2.35. The topological polar surface area (TPSA) is 146 Å². The van der Waals surface area contributed by atoms with Gasteiger partial charge in [-0.25, -0.2) is 24.5 Å². The van der Waals surface area contributed by atoms with Crippen molar-refractivity contribution in [2.75, 3.05) is 12.4 Å². The van der Waals surface area contributed by atoms with E-state index in [9.17, 15) is 4.79 Å². The van der Waals surface area contributed by atoms with Crippen LogP contribution < -0.4 is 5.32 Å². The number of allylic oxidation sites excluding steroid dienone is 4. The molecule has 3 atom stereocenters. The smallest absolute Gasteiger partial charge is 0.201 e. The number of carbonyl (C=O) groups is 1. The summed E-state index contributed by atoms with van der Waals surface area (Å²) in [5.41, 5.74) is 15.3. The van der Waals surface area contributed by atoms with Gasteiger partial charge in [0.25, 0.3) is 0 Å². The molecule has 0 spiro atoms. The van der Waals surface area contributed by atoms with E-state index in [0.29, 0.717) is 41.2 Å². The van der Waals surface area contributed by atoms with Gasteiger partial charge in [-0.3, -0.25) is 19.3 Å². The van der Waals surface area contributed by atoms with Crippen molar-refractivity contribution in [2.45, 2.75) is 182 Å². The molecule has 2 saturated carbocycles. The van der Waals surface area contributed by atoms with Gasteiger partial charge in [0.2, 0.25) is 5.70 Å². The van der Waals surface area contributed by atoms with Crippen LogP contribution in [0, 0.1) is 30.1 Å². The van der Waals surface area contributed by atoms with Crippen molar-refractivity contribution in [3.05, 3.63) is 179 Å². The summed E-state index contributed by atoms with van der Waals surface area (Å²) in [4.78, 5) is 36.6. The van der Waals surface area contributed by atoms with Gasteiger partial charge in [0.05, 0.1) is 45.9 Å². The fourth-order valence-electron chi connectivity index (χ4n) is 8.97. The molecule has 2 aromatic carbocycles. The molecule has 2 aliphatic carbocycles. The summed E-state index contributed by atoms with van der Waals surface area (Å²) >= 11 is 6.34. The number of aliphatic imine (C=N–C) groups is 3. The highest BCUT2D eigenvalue weighted by atomic mass is 35.5. The molecule has 88 heavy (non-hydrogen) atoms. The molecule has 2 aliphatic heterocycles. The number of benzene rings is 2. The molecule has 1 saturated heterocycles. The Morgan fingerprint density at radius 1 is 0.886 bits per heavy atom. The Kier molecular flexibility index (Phi) is 33.5. The monoisotopic (exact) mass is 1230 g/mol. The average molecular weight is 1230 g/mol. The van der Waals surface area contributed by atoms with Crippen LogP contribution in [0.25, 0.3) is 28.2 Å². The number of likely N-dealkylation sites (N-methyl/N-ethyl adjacent to an activating group) is 1. The predicted octanol–water partition coefficient (Wildman–Crippen LogP) is 21.3. The Bertz CT molecular complexity index is 3440. The standard InChI is InChI=1S/C17H25N5.C17H19N2.C16H18ClN2P.C9H10N2.C5H8O.C4H10.2C2H6.C2H4/c1-7-8-15(18-12(4)5)19-16-10-14(11(2)3)22-17(20-16)9-13(6)21-22;1-11(14-8-6-5-7-9-14)16(12(2)18)17-13(3)19(4)10-15(17)19;1-9(2)11-8-14(19-16(20)10-6-7-10)18-13-5-3-4-12(17)15(11)13;1-3-5-9-8(10-2)6-4-7-11-9;1-4(6)5-2-3-5;1-4(2)3;3*1-2/h8-11H,7H2,1-6H3,(H,19,20);5-10,13,18H,1H2,2-4H3;3-5,8-10H,6-7,20H2,1-2H3;3-7H,2H2,1H3;5H,2-3H2,1H3;4H,1-3H3;2*1-2H3;1-2H2/q;+1;;;;;;;/b15-8+;17-16-,18-12?;;5-3-;;;;;. The highest BCUT2D eigenvalue weighted by Crippen LogP contribution is 2.56. The SMILES string of the molecule is C=C.C=C(/C(C(C)=N)=C1/C2=C[N+]2(C)C1C)c1ccccc1.C=Nc1cccnc1/C=C\C.CC.CC.CC(=O)C1CC1.CC(C)C.CC(C)c1cc(N=C(P)C2CC2)nc2cccc(Cl)c12.CC/C=C(\N=C(C)C)Nc1cc(C(C)C)n2nc(C)cc2n1. The van der Waals surface area contributed by atoms with Crippen molar-refractivity contribution in [3.8, 4) is 0 Å². The summed E-state index contributed by atoms with van der Waals surface area (Å²) in [6.45, 7) is 52.6. The van der Waals surface area contributed by atoms with Crippen LogP contribution >= 0.6 is 20.8 Å². The van der Waals surface area contributed by atoms with Gasteiger partial charge in [0.15, 0.2) is 17.7 Å². The van der Waals surface area contributed by atoms with Gasteiger partial charge >= 0.3 is 0 Å². The summed E-state index contributed by atoms with van der Waals surface area (Å²) in [6.07, 6.45) is 15.6. The molecule has 6 heterocycles. The number of ketones is 1. The normalized spacial score (nSPS) is 16.4. The second-order valence-electron chi connectivity index (χ2n) is 22.9. The highest BCUT2D eigenvalue weighted by molar-refractivity contribution is 7.40. The number of pyridine rings is 2. The van der Waals surface area contributed by atoms with Gasteiger partial charge < -0.3 is 10.7 Å². The molecule has 3 fully saturated rings. The number of Topliss-reactive ketones (excluding diaryl/α,β-unsaturated/α-hetero) is 1. The second-order valence-corrected chi connectivity index (χ2v) is 23.9. The van der Waals surface area contributed by atoms with Gasteiger partial charge in [-0.1, -0.05) is 153 Å². The van der Waals surface area contributed by atoms with E-state index in [0.717, 1.165) is 119 Å². The third-order valence-corrected chi connectivity index (χ3v) is 14.6. The van der Waals surface area contributed by atoms with E-state index in [-0.39, 0.29) is 0 Å². The molecule has 10 rings (SSSR count). The molecule has 3 unspecified atom stereocenters. The van der Waals surface area contributed by atoms with E-state index < -0.39 is 0 Å². The van der Waals surface area contributed by atoms with Crippen LogP contribution in [0.5, 0.6) is 0 Å². The third-order valence-electron chi connectivity index (χ3n) is 13.7. The predicted molar refractivity (Wildman–Crippen MR) is 389 cm³/mol. The second kappa shape index (κ2) is 38.3. The van der Waals surface area contributed by atoms with Crippen LogP contribution in [0.4, 0.5) is 17.3 Å². The number of anilines is 1. The number of hydrogen-bond donors (Lipinski definition) is 2. The molecule has 4 aliphatic rings. The highest BCUT2D eigenvalue weighted by Gasteiger charge is 2.63. The molecule has 12 nitrogen and oxygen atoms in total. The summed E-state index contributed by atoms with van der Waals surface area (Å²) in [7, 11) is 4.97. The van der Waals surface area contributed by atoms with Crippen LogP contribution in [0.15, 0.2) is 161 Å². The molecule has 2 N–H and O–H groups in total. The van der Waals surface area contributed by atoms with Crippen LogP contribution in [-0.4, -0.2) is 71.5 Å². The van der Waals surface area contributed by atoms with Gasteiger partial charge in [0.1, 0.15) is 23.5 Å². The number of rotatable bonds is 14. The minimum Gasteiger partial charge on any atom is -0.325 e. The van der Waals surface area contributed by atoms with Crippen LogP contribution in [0.1, 0.15) is 197 Å². The number of carbonyl (C=O) groups excluding carboxylic acids is 1. The minimum absolute atomic E-state index is 0.361. The number of fused-ring (bicyclic) bond motifs is 3. The van der Waals surface area contributed by atoms with E-state index in [4.69, 9.17) is 17.0 Å². The lowest BCUT2D eigenvalue weighted by atomic mass is 9.85. The molecule has 0 radical (unpaired) electrons. The molecular formula is C74H106ClN11OP+. The molecule has 14 heteroatoms. The zero-order valence-corrected chi connectivity index (χ0v) is 59.0. The molecular weight excluding hydrogens is 1130 g/mol. The van der Waals surface area contributed by atoms with Crippen molar-refractivity contribution in [1.29, 1.82) is 5.41 Å². The third kappa shape index (κ3) is 23.4. The van der Waals surface area contributed by atoms with Gasteiger partial charge in [0, 0.05) is 58.0 Å². The van der Waals surface area contributed by atoms with Crippen LogP contribution in [-0.2, 0) is 4.79 Å². The molecule has 0 bridgehead atoms. The van der Waals surface area contributed by atoms with Gasteiger partial charge in [-0.15, -0.1) is 13.2 Å². The van der Waals surface area contributed by atoms with Crippen LogP contribution in [0.2, 0.25) is 5.02 Å². The Morgan fingerprint density at radius 3 is 1.98 bits per heavy atom. The minimum atomic E-state index is 0.361. The Morgan fingerprint density at radius 2 is 1.50 bits per heavy atom. The Hall–Kier alpha value is -7.11. The zero-order chi connectivity index (χ0) is 66.6. The summed E-state index contributed by atoms with van der Waals surface area (Å²) in [6, 6.07) is 26.3. The molecule has 6 aromatic rings. The largest absolute Gasteiger partial charge is 0.325 e. The van der Waals surface area contributed by atoms with Crippen molar-refractivity contribution < 1.29 is 9.28 Å². The van der Waals surface area contributed by atoms with E-state index in [1.165, 1.54) is 29.7 Å². The first-order valence-corrected chi connectivity index (χ1v) is 32.3. The fraction of sp³-hybridized carbons (Fsp3) is 0.419. The number of quaternary nitrogens is 1. The lowest BCUT2D eigenvalue weighted by molar-refractivity contribution is -0.800. The van der Waals surface area contributed by atoms with Crippen molar-refractivity contribution >= 4 is 95.7 Å². The van der Waals surface area contributed by atoms with Crippen molar-refractivity contribution in [1.82, 2.24) is 24.6 Å². The number of aromatic nitrogens is 5. The van der Waals surface area contributed by atoms with Crippen molar-refractivity contribution in [3.63, 3.8) is 0 Å². The Balaban J connectivity index is 0.000000375. The van der Waals surface area contributed by atoms with E-state index in [2.05, 4.69) is 176 Å². The van der Waals surface area contributed by atoms with E-state index in [1.54, 1.807) is 13.1 Å². The fourth-order valence-corrected chi connectivity index (χ4v) is 9.72. The number of hydrogen-bond acceptors (Lipinski definition) is 10. The van der Waals surface area contributed by atoms with E-state index in [1.807, 2.05) is 140 Å². The zero-order valence-electron chi connectivity index (χ0n) is 57.1. The first kappa shape index (κ1) is 77.0. The van der Waals surface area contributed by atoms with Gasteiger partial charge in [-0.05, 0) is 164 Å². The lowest BCUT2D eigenvalue weighted by Crippen LogP contribution is -2.45.